The van der Waals surface area contributed by atoms with Gasteiger partial charge in [0.25, 0.3) is 11.8 Å². The predicted molar refractivity (Wildman–Crippen MR) is 125 cm³/mol. The van der Waals surface area contributed by atoms with Gasteiger partial charge in [0.2, 0.25) is 0 Å². The second-order valence-electron chi connectivity index (χ2n) is 8.71. The lowest BCUT2D eigenvalue weighted by Gasteiger charge is -2.35. The summed E-state index contributed by atoms with van der Waals surface area (Å²) in [6, 6.07) is 8.46. The van der Waals surface area contributed by atoms with E-state index in [0.29, 0.717) is 24.3 Å². The Morgan fingerprint density at radius 2 is 2.00 bits per heavy atom. The number of carbonyl (C=O) groups excluding carboxylic acids is 2. The van der Waals surface area contributed by atoms with Crippen molar-refractivity contribution in [2.45, 2.75) is 77.9 Å². The molecule has 33 heavy (non-hydrogen) atoms. The normalized spacial score (nSPS) is 16.9. The van der Waals surface area contributed by atoms with Crippen LogP contribution in [0.2, 0.25) is 0 Å². The van der Waals surface area contributed by atoms with Crippen LogP contribution in [0.4, 0.5) is 0 Å². The van der Waals surface area contributed by atoms with Crippen LogP contribution in [0.25, 0.3) is 0 Å². The molecule has 2 aromatic rings. The van der Waals surface area contributed by atoms with Crippen molar-refractivity contribution in [3.8, 4) is 0 Å². The Balaban J connectivity index is 1.83. The summed E-state index contributed by atoms with van der Waals surface area (Å²) in [5, 5.41) is 16.5. The average molecular weight is 455 g/mol. The zero-order chi connectivity index (χ0) is 24.0. The van der Waals surface area contributed by atoms with Gasteiger partial charge in [0.1, 0.15) is 5.69 Å². The largest absolute Gasteiger partial charge is 0.481 e. The Morgan fingerprint density at radius 1 is 1.21 bits per heavy atom. The number of aromatic nitrogens is 2. The third kappa shape index (κ3) is 6.00. The number of aryl methyl sites for hydroxylation is 2. The van der Waals surface area contributed by atoms with Crippen molar-refractivity contribution >= 4 is 17.8 Å². The third-order valence-electron chi connectivity index (χ3n) is 6.17. The first kappa shape index (κ1) is 24.5. The maximum Gasteiger partial charge on any atom is 0.305 e. The monoisotopic (exact) mass is 454 g/mol. The number of rotatable bonds is 9. The average Bonchev–Trinajstić information content (AvgIpc) is 3.23. The molecule has 178 valence electrons. The van der Waals surface area contributed by atoms with E-state index in [0.717, 1.165) is 37.7 Å². The van der Waals surface area contributed by atoms with Crippen molar-refractivity contribution in [3.63, 3.8) is 0 Å². The van der Waals surface area contributed by atoms with Crippen molar-refractivity contribution in [2.75, 3.05) is 6.54 Å². The number of amides is 2. The van der Waals surface area contributed by atoms with Crippen LogP contribution in [0.5, 0.6) is 0 Å². The van der Waals surface area contributed by atoms with Gasteiger partial charge >= 0.3 is 5.97 Å². The fourth-order valence-electron chi connectivity index (χ4n) is 4.54. The Bertz CT molecular complexity index is 998. The summed E-state index contributed by atoms with van der Waals surface area (Å²) in [5.41, 5.74) is 2.21. The highest BCUT2D eigenvalue weighted by atomic mass is 16.4. The number of hydrogen-bond donors (Lipinski definition) is 2. The van der Waals surface area contributed by atoms with Gasteiger partial charge in [-0.1, -0.05) is 43.2 Å². The molecular weight excluding hydrogens is 420 g/mol. The predicted octanol–water partition coefficient (Wildman–Crippen LogP) is 3.95. The topological polar surface area (TPSA) is 105 Å². The molecule has 2 atom stereocenters. The Kier molecular flexibility index (Phi) is 8.25. The summed E-state index contributed by atoms with van der Waals surface area (Å²) in [5.74, 6) is -1.60. The highest BCUT2D eigenvalue weighted by Gasteiger charge is 2.30. The van der Waals surface area contributed by atoms with Gasteiger partial charge in [-0.2, -0.15) is 5.10 Å². The van der Waals surface area contributed by atoms with Gasteiger partial charge in [0, 0.05) is 25.2 Å². The fraction of sp³-hybridized carbons (Fsp3) is 0.520. The van der Waals surface area contributed by atoms with E-state index < -0.39 is 17.9 Å². The highest BCUT2D eigenvalue weighted by molar-refractivity contribution is 5.98. The number of benzene rings is 1. The minimum atomic E-state index is -1.01. The lowest BCUT2D eigenvalue weighted by atomic mass is 9.98. The van der Waals surface area contributed by atoms with Crippen LogP contribution in [0.15, 0.2) is 30.3 Å². The number of piperidine rings is 1. The molecule has 2 amide bonds. The van der Waals surface area contributed by atoms with Crippen molar-refractivity contribution in [2.24, 2.45) is 0 Å². The van der Waals surface area contributed by atoms with Crippen molar-refractivity contribution in [3.05, 3.63) is 52.8 Å². The van der Waals surface area contributed by atoms with Gasteiger partial charge in [-0.05, 0) is 45.1 Å². The Labute approximate surface area is 195 Å². The highest BCUT2D eigenvalue weighted by Crippen LogP contribution is 2.24. The third-order valence-corrected chi connectivity index (χ3v) is 6.17. The Morgan fingerprint density at radius 3 is 2.67 bits per heavy atom. The maximum atomic E-state index is 13.4. The molecule has 1 aliphatic rings. The molecule has 1 unspecified atom stereocenters. The molecule has 0 radical (unpaired) electrons. The van der Waals surface area contributed by atoms with Crippen LogP contribution in [0.1, 0.15) is 90.5 Å². The lowest BCUT2D eigenvalue weighted by molar-refractivity contribution is -0.137. The van der Waals surface area contributed by atoms with Gasteiger partial charge < -0.3 is 15.3 Å². The lowest BCUT2D eigenvalue weighted by Crippen LogP contribution is -2.44. The number of likely N-dealkylation sites (tertiary alicyclic amines) is 1. The van der Waals surface area contributed by atoms with E-state index >= 15 is 0 Å². The van der Waals surface area contributed by atoms with Crippen LogP contribution in [-0.2, 0) is 11.3 Å². The molecule has 1 aliphatic heterocycles. The molecule has 0 saturated carbocycles. The molecule has 8 heteroatoms. The molecule has 0 spiro atoms. The molecule has 1 saturated heterocycles. The van der Waals surface area contributed by atoms with E-state index in [-0.39, 0.29) is 24.1 Å². The molecule has 1 fully saturated rings. The van der Waals surface area contributed by atoms with E-state index in [1.54, 1.807) is 10.7 Å². The maximum absolute atomic E-state index is 13.4. The van der Waals surface area contributed by atoms with Crippen molar-refractivity contribution in [1.29, 1.82) is 0 Å². The van der Waals surface area contributed by atoms with E-state index in [4.69, 9.17) is 0 Å². The smallest absolute Gasteiger partial charge is 0.305 e. The number of hydrogen-bond acceptors (Lipinski definition) is 4. The summed E-state index contributed by atoms with van der Waals surface area (Å²) >= 11 is 0. The molecule has 8 nitrogen and oxygen atoms in total. The molecule has 1 aromatic carbocycles. The molecule has 2 heterocycles. The number of aliphatic carboxylic acids is 1. The second kappa shape index (κ2) is 11.1. The number of nitrogens with zero attached hydrogens (tertiary/aromatic N) is 3. The summed E-state index contributed by atoms with van der Waals surface area (Å²) in [4.78, 5) is 39.8. The number of carbonyl (C=O) groups is 3. The first-order valence-corrected chi connectivity index (χ1v) is 11.8. The molecular formula is C25H34N4O4. The SMILES string of the molecule is CCC[C@H]1CCCCN1C(=O)c1cc(C(=O)NC(CC(=O)O)c2cccc(C)c2)nn1CC. The van der Waals surface area contributed by atoms with E-state index in [1.807, 2.05) is 36.9 Å². The summed E-state index contributed by atoms with van der Waals surface area (Å²) in [6.07, 6.45) is 4.83. The summed E-state index contributed by atoms with van der Waals surface area (Å²) in [7, 11) is 0. The zero-order valence-corrected chi connectivity index (χ0v) is 19.7. The van der Waals surface area contributed by atoms with Gasteiger partial charge in [-0.15, -0.1) is 0 Å². The number of carboxylic acids is 1. The van der Waals surface area contributed by atoms with Crippen LogP contribution < -0.4 is 5.32 Å². The van der Waals surface area contributed by atoms with Gasteiger partial charge in [-0.3, -0.25) is 19.1 Å². The Hall–Kier alpha value is -3.16. The summed E-state index contributed by atoms with van der Waals surface area (Å²) < 4.78 is 1.56. The number of carboxylic acid groups (broad SMARTS) is 1. The first-order chi connectivity index (χ1) is 15.8. The van der Waals surface area contributed by atoms with Crippen molar-refractivity contribution in [1.82, 2.24) is 20.0 Å². The molecule has 0 aliphatic carbocycles. The molecule has 2 N–H and O–H groups in total. The van der Waals surface area contributed by atoms with E-state index in [1.165, 1.54) is 6.07 Å². The van der Waals surface area contributed by atoms with Gasteiger partial charge in [0.15, 0.2) is 5.69 Å². The second-order valence-corrected chi connectivity index (χ2v) is 8.71. The first-order valence-electron chi connectivity index (χ1n) is 11.8. The zero-order valence-electron chi connectivity index (χ0n) is 19.7. The van der Waals surface area contributed by atoms with Gasteiger partial charge in [-0.25, -0.2) is 0 Å². The van der Waals surface area contributed by atoms with Crippen molar-refractivity contribution < 1.29 is 19.5 Å². The standard InChI is InChI=1S/C25H34N4O4/c1-4-9-19-12-6-7-13-28(19)25(33)22-15-21(27-29(22)5-2)24(32)26-20(16-23(30)31)18-11-8-10-17(3)14-18/h8,10-11,14-15,19-20H,4-7,9,12-13,16H2,1-3H3,(H,26,32)(H,30,31)/t19-,20?/m0/s1. The minimum absolute atomic E-state index is 0.0951. The quantitative estimate of drug-likeness (QED) is 0.597. The molecule has 0 bridgehead atoms. The fourth-order valence-corrected chi connectivity index (χ4v) is 4.54. The number of nitrogens with one attached hydrogen (secondary N) is 1. The summed E-state index contributed by atoms with van der Waals surface area (Å²) in [6.45, 7) is 7.09. The van der Waals surface area contributed by atoms with Gasteiger partial charge in [0.05, 0.1) is 12.5 Å². The molecule has 3 rings (SSSR count). The van der Waals surface area contributed by atoms with E-state index in [9.17, 15) is 19.5 Å². The molecule has 1 aromatic heterocycles. The van der Waals surface area contributed by atoms with Crippen LogP contribution >= 0.6 is 0 Å². The van der Waals surface area contributed by atoms with E-state index in [2.05, 4.69) is 17.3 Å². The minimum Gasteiger partial charge on any atom is -0.481 e. The van der Waals surface area contributed by atoms with Crippen LogP contribution in [0, 0.1) is 6.92 Å². The van der Waals surface area contributed by atoms with Crippen LogP contribution in [0.3, 0.4) is 0 Å². The van der Waals surface area contributed by atoms with Crippen LogP contribution in [-0.4, -0.2) is 50.2 Å².